The van der Waals surface area contributed by atoms with Gasteiger partial charge in [0.1, 0.15) is 5.82 Å². The summed E-state index contributed by atoms with van der Waals surface area (Å²) in [5.74, 6) is -1.23. The number of benzene rings is 1. The van der Waals surface area contributed by atoms with Crippen LogP contribution >= 0.6 is 0 Å². The molecule has 1 heterocycles. The zero-order valence-electron chi connectivity index (χ0n) is 12.7. The lowest BCUT2D eigenvalue weighted by molar-refractivity contribution is 0.0962. The van der Waals surface area contributed by atoms with E-state index in [9.17, 15) is 14.4 Å². The summed E-state index contributed by atoms with van der Waals surface area (Å²) in [6.45, 7) is 1.90. The van der Waals surface area contributed by atoms with Crippen LogP contribution in [0.5, 0.6) is 0 Å². The fourth-order valence-corrected chi connectivity index (χ4v) is 2.16. The molecule has 0 aliphatic heterocycles. The third kappa shape index (κ3) is 3.79. The van der Waals surface area contributed by atoms with E-state index in [1.165, 1.54) is 12.3 Å². The van der Waals surface area contributed by atoms with Crippen LogP contribution in [0.2, 0.25) is 0 Å². The van der Waals surface area contributed by atoms with Gasteiger partial charge in [0.15, 0.2) is 5.78 Å². The van der Waals surface area contributed by atoms with Crippen molar-refractivity contribution in [2.75, 3.05) is 5.32 Å². The van der Waals surface area contributed by atoms with Crippen molar-refractivity contribution < 1.29 is 14.4 Å². The molecule has 1 aromatic carbocycles. The molecule has 23 heavy (non-hydrogen) atoms. The Morgan fingerprint density at radius 1 is 1.04 bits per heavy atom. The first-order valence-corrected chi connectivity index (χ1v) is 7.23. The van der Waals surface area contributed by atoms with Crippen LogP contribution < -0.4 is 11.1 Å². The highest BCUT2D eigenvalue weighted by Crippen LogP contribution is 2.16. The summed E-state index contributed by atoms with van der Waals surface area (Å²) in [5.41, 5.74) is 5.96. The maximum absolute atomic E-state index is 12.5. The van der Waals surface area contributed by atoms with Crippen LogP contribution in [0.15, 0.2) is 42.6 Å². The van der Waals surface area contributed by atoms with E-state index >= 15 is 0 Å². The Labute approximate surface area is 133 Å². The molecule has 0 radical (unpaired) electrons. The second-order valence-corrected chi connectivity index (χ2v) is 4.94. The molecule has 0 spiro atoms. The number of hydrogen-bond acceptors (Lipinski definition) is 4. The molecule has 0 saturated heterocycles. The van der Waals surface area contributed by atoms with Crippen LogP contribution in [0.4, 0.5) is 5.82 Å². The van der Waals surface area contributed by atoms with Gasteiger partial charge in [-0.3, -0.25) is 14.4 Å². The lowest BCUT2D eigenvalue weighted by atomic mass is 10.00. The van der Waals surface area contributed by atoms with Crippen LogP contribution in [0, 0.1) is 0 Å². The smallest absolute Gasteiger partial charge is 0.257 e. The number of carbonyl (C=O) groups is 3. The van der Waals surface area contributed by atoms with E-state index in [1.807, 2.05) is 6.92 Å². The van der Waals surface area contributed by atoms with Gasteiger partial charge in [0.25, 0.3) is 11.8 Å². The molecular weight excluding hydrogens is 294 g/mol. The van der Waals surface area contributed by atoms with E-state index in [1.54, 1.807) is 30.3 Å². The molecule has 2 rings (SSSR count). The number of ketones is 1. The number of amides is 2. The van der Waals surface area contributed by atoms with Gasteiger partial charge in [-0.25, -0.2) is 4.98 Å². The van der Waals surface area contributed by atoms with Gasteiger partial charge in [-0.05, 0) is 24.6 Å². The minimum Gasteiger partial charge on any atom is -0.365 e. The first kappa shape index (κ1) is 16.4. The van der Waals surface area contributed by atoms with E-state index in [-0.39, 0.29) is 22.7 Å². The molecule has 2 aromatic rings. The van der Waals surface area contributed by atoms with Crippen LogP contribution in [0.25, 0.3) is 0 Å². The SMILES string of the molecule is CCCC(=O)c1ccccc1C(=O)Nc1ncccc1C(N)=O. The lowest BCUT2D eigenvalue weighted by Crippen LogP contribution is -2.21. The average Bonchev–Trinajstić information content (AvgIpc) is 2.55. The summed E-state index contributed by atoms with van der Waals surface area (Å²) in [4.78, 5) is 39.9. The first-order valence-electron chi connectivity index (χ1n) is 7.23. The van der Waals surface area contributed by atoms with Crippen molar-refractivity contribution in [3.8, 4) is 0 Å². The number of rotatable bonds is 6. The topological polar surface area (TPSA) is 102 Å². The molecule has 6 nitrogen and oxygen atoms in total. The van der Waals surface area contributed by atoms with Gasteiger partial charge in [0.2, 0.25) is 0 Å². The predicted octanol–water partition coefficient (Wildman–Crippen LogP) is 2.42. The fraction of sp³-hybridized carbons (Fsp3) is 0.176. The van der Waals surface area contributed by atoms with Gasteiger partial charge >= 0.3 is 0 Å². The number of anilines is 1. The Morgan fingerprint density at radius 2 is 1.70 bits per heavy atom. The van der Waals surface area contributed by atoms with Crippen molar-refractivity contribution in [2.45, 2.75) is 19.8 Å². The van der Waals surface area contributed by atoms with Crippen molar-refractivity contribution in [1.82, 2.24) is 4.98 Å². The van der Waals surface area contributed by atoms with Crippen molar-refractivity contribution >= 4 is 23.4 Å². The highest BCUT2D eigenvalue weighted by molar-refractivity contribution is 6.13. The Kier molecular flexibility index (Phi) is 5.19. The molecule has 0 bridgehead atoms. The van der Waals surface area contributed by atoms with Gasteiger partial charge in [-0.2, -0.15) is 0 Å². The zero-order chi connectivity index (χ0) is 16.8. The third-order valence-electron chi connectivity index (χ3n) is 3.25. The Morgan fingerprint density at radius 3 is 2.35 bits per heavy atom. The Hall–Kier alpha value is -3.02. The number of primary amides is 1. The molecule has 0 fully saturated rings. The first-order chi connectivity index (χ1) is 11.0. The van der Waals surface area contributed by atoms with Crippen molar-refractivity contribution in [1.29, 1.82) is 0 Å². The summed E-state index contributed by atoms with van der Waals surface area (Å²) in [6, 6.07) is 9.57. The molecule has 0 aliphatic carbocycles. The molecule has 3 N–H and O–H groups in total. The minimum absolute atomic E-state index is 0.0720. The molecule has 0 atom stereocenters. The number of nitrogens with one attached hydrogen (secondary N) is 1. The molecule has 6 heteroatoms. The number of aromatic nitrogens is 1. The second kappa shape index (κ2) is 7.31. The molecule has 0 saturated carbocycles. The highest BCUT2D eigenvalue weighted by Gasteiger charge is 2.18. The van der Waals surface area contributed by atoms with E-state index in [0.717, 1.165) is 0 Å². The van der Waals surface area contributed by atoms with Crippen molar-refractivity contribution in [3.05, 3.63) is 59.3 Å². The lowest BCUT2D eigenvalue weighted by Gasteiger charge is -2.10. The van der Waals surface area contributed by atoms with Crippen molar-refractivity contribution in [3.63, 3.8) is 0 Å². The Balaban J connectivity index is 2.32. The largest absolute Gasteiger partial charge is 0.365 e. The molecule has 0 unspecified atom stereocenters. The minimum atomic E-state index is -0.691. The molecule has 0 aliphatic rings. The Bertz CT molecular complexity index is 756. The third-order valence-corrected chi connectivity index (χ3v) is 3.25. The average molecular weight is 311 g/mol. The highest BCUT2D eigenvalue weighted by atomic mass is 16.2. The van der Waals surface area contributed by atoms with Gasteiger partial charge in [0, 0.05) is 18.2 Å². The van der Waals surface area contributed by atoms with Crippen LogP contribution in [0.3, 0.4) is 0 Å². The second-order valence-electron chi connectivity index (χ2n) is 4.94. The maximum Gasteiger partial charge on any atom is 0.257 e. The molecular formula is C17H17N3O3. The number of pyridine rings is 1. The van der Waals surface area contributed by atoms with E-state index in [2.05, 4.69) is 10.3 Å². The summed E-state index contributed by atoms with van der Waals surface area (Å²) in [5, 5.41) is 2.54. The maximum atomic E-state index is 12.5. The quantitative estimate of drug-likeness (QED) is 0.800. The summed E-state index contributed by atoms with van der Waals surface area (Å²) in [6.07, 6.45) is 2.50. The number of carbonyl (C=O) groups excluding carboxylic acids is 3. The molecule has 1 aromatic heterocycles. The molecule has 118 valence electrons. The van der Waals surface area contributed by atoms with Crippen LogP contribution in [-0.2, 0) is 0 Å². The number of Topliss-reactive ketones (excluding diaryl/α,β-unsaturated/α-hetero) is 1. The fourth-order valence-electron chi connectivity index (χ4n) is 2.16. The monoisotopic (exact) mass is 311 g/mol. The van der Waals surface area contributed by atoms with Gasteiger partial charge in [-0.15, -0.1) is 0 Å². The summed E-state index contributed by atoms with van der Waals surface area (Å²) < 4.78 is 0. The summed E-state index contributed by atoms with van der Waals surface area (Å²) in [7, 11) is 0. The molecule has 2 amide bonds. The van der Waals surface area contributed by atoms with Gasteiger partial charge in [-0.1, -0.05) is 25.1 Å². The van der Waals surface area contributed by atoms with Gasteiger partial charge < -0.3 is 11.1 Å². The van der Waals surface area contributed by atoms with E-state index in [0.29, 0.717) is 18.4 Å². The van der Waals surface area contributed by atoms with Crippen LogP contribution in [0.1, 0.15) is 50.8 Å². The van der Waals surface area contributed by atoms with Crippen LogP contribution in [-0.4, -0.2) is 22.6 Å². The summed E-state index contributed by atoms with van der Waals surface area (Å²) >= 11 is 0. The normalized spacial score (nSPS) is 10.1. The number of hydrogen-bond donors (Lipinski definition) is 2. The zero-order valence-corrected chi connectivity index (χ0v) is 12.7. The standard InChI is InChI=1S/C17H17N3O3/c1-2-6-14(21)11-7-3-4-8-12(11)17(23)20-16-13(15(18)22)9-5-10-19-16/h3-5,7-10H,2,6H2,1H3,(H2,18,22)(H,19,20,23). The predicted molar refractivity (Wildman–Crippen MR) is 86.4 cm³/mol. The van der Waals surface area contributed by atoms with Crippen molar-refractivity contribution in [2.24, 2.45) is 5.73 Å². The van der Waals surface area contributed by atoms with E-state index in [4.69, 9.17) is 5.73 Å². The number of nitrogens with zero attached hydrogens (tertiary/aromatic N) is 1. The van der Waals surface area contributed by atoms with E-state index < -0.39 is 11.8 Å². The van der Waals surface area contributed by atoms with Gasteiger partial charge in [0.05, 0.1) is 11.1 Å². The number of nitrogens with two attached hydrogens (primary N) is 1.